The van der Waals surface area contributed by atoms with Crippen molar-refractivity contribution < 1.29 is 38.9 Å². The Morgan fingerprint density at radius 1 is 1.07 bits per heavy atom. The van der Waals surface area contributed by atoms with Crippen LogP contribution in [0, 0.1) is 13.8 Å². The Morgan fingerprint density at radius 2 is 1.80 bits per heavy atom. The van der Waals surface area contributed by atoms with E-state index < -0.39 is 0 Å². The molecule has 9 heteroatoms. The first-order valence-corrected chi connectivity index (χ1v) is 14.9. The van der Waals surface area contributed by atoms with Gasteiger partial charge in [-0.2, -0.15) is 0 Å². The minimum absolute atomic E-state index is 0. The third-order valence-corrected chi connectivity index (χ3v) is 9.26. The number of rotatable bonds is 6. The molecule has 0 spiro atoms. The van der Waals surface area contributed by atoms with Crippen LogP contribution in [-0.4, -0.2) is 40.5 Å². The maximum atomic E-state index is 13.4. The molecule has 0 amide bonds. The summed E-state index contributed by atoms with van der Waals surface area (Å²) in [6.07, 6.45) is 5.46. The van der Waals surface area contributed by atoms with Gasteiger partial charge in [0.2, 0.25) is 0 Å². The van der Waals surface area contributed by atoms with Gasteiger partial charge in [0.25, 0.3) is 0 Å². The van der Waals surface area contributed by atoms with Crippen molar-refractivity contribution in [2.45, 2.75) is 72.1 Å². The number of hydrogen-bond donors (Lipinski definition) is 1. The van der Waals surface area contributed by atoms with Gasteiger partial charge in [-0.15, -0.1) is 22.1 Å². The Balaban J connectivity index is 0.00000384. The number of esters is 1. The molecular weight excluding hydrogens is 606 g/mol. The minimum atomic E-state index is -0.271. The van der Waals surface area contributed by atoms with Crippen molar-refractivity contribution >= 4 is 51.0 Å². The van der Waals surface area contributed by atoms with Gasteiger partial charge in [0, 0.05) is 41.6 Å². The maximum absolute atomic E-state index is 13.4. The summed E-state index contributed by atoms with van der Waals surface area (Å²) in [5.41, 5.74) is 12.8. The van der Waals surface area contributed by atoms with Crippen LogP contribution in [0.1, 0.15) is 107 Å². The molecule has 1 aliphatic carbocycles. The molecule has 5 heterocycles. The number of fused-ring (bicyclic) bond motifs is 8. The second-order valence-corrected chi connectivity index (χ2v) is 11.6. The van der Waals surface area contributed by atoms with E-state index in [-0.39, 0.29) is 62.5 Å². The number of nitrogens with zero attached hydrogens (tertiary/aromatic N) is 4. The van der Waals surface area contributed by atoms with Gasteiger partial charge >= 0.3 is 25.4 Å². The molecule has 0 fully saturated rings. The molecule has 222 valence electrons. The van der Waals surface area contributed by atoms with Crippen molar-refractivity contribution in [3.05, 3.63) is 74.9 Å². The molecule has 0 radical (unpaired) electrons. The predicted molar refractivity (Wildman–Crippen MR) is 168 cm³/mol. The van der Waals surface area contributed by atoms with Crippen molar-refractivity contribution in [2.75, 3.05) is 13.7 Å². The number of carbonyl (C=O) groups is 2. The number of aryl methyl sites for hydroxylation is 2. The molecule has 1 N–H and O–H groups in total. The summed E-state index contributed by atoms with van der Waals surface area (Å²) in [6.45, 7) is 10.2. The van der Waals surface area contributed by atoms with Gasteiger partial charge in [-0.25, -0.2) is 4.98 Å². The van der Waals surface area contributed by atoms with Gasteiger partial charge in [-0.3, -0.25) is 14.6 Å². The van der Waals surface area contributed by atoms with Crippen molar-refractivity contribution in [3.63, 3.8) is 0 Å². The van der Waals surface area contributed by atoms with Crippen molar-refractivity contribution in [1.82, 2.24) is 19.9 Å². The summed E-state index contributed by atoms with van der Waals surface area (Å²) < 4.78 is 4.95. The molecule has 3 aliphatic rings. The molecule has 2 atom stereocenters. The van der Waals surface area contributed by atoms with Gasteiger partial charge in [-0.05, 0) is 55.9 Å². The molecule has 3 aromatic rings. The number of methoxy groups -OCH3 is 1. The largest absolute Gasteiger partial charge is 2.00 e. The molecule has 0 aromatic carbocycles. The monoisotopic (exact) mass is 640 g/mol. The van der Waals surface area contributed by atoms with Crippen molar-refractivity contribution in [1.29, 1.82) is 0 Å². The van der Waals surface area contributed by atoms with E-state index in [4.69, 9.17) is 24.7 Å². The van der Waals surface area contributed by atoms with Gasteiger partial charge in [0.05, 0.1) is 25.1 Å². The molecule has 44 heavy (non-hydrogen) atoms. The number of hydrogen-bond acceptors (Lipinski definition) is 6. The second-order valence-electron chi connectivity index (χ2n) is 11.6. The SMILES string of the molecule is CCC1=C(C)c2cc3[n-]c(cc4nc(c5c6[n-]c(cc1n2)c(C)c6C(=O)C5)[C@@H](CCC(=O)OC)[C@@H]4C)c(C)c3/C=C/CO.[Zn+2]. The zero-order chi connectivity index (χ0) is 30.6. The number of aliphatic hydroxyl groups excluding tert-OH is 1. The van der Waals surface area contributed by atoms with E-state index in [0.717, 1.165) is 79.1 Å². The average Bonchev–Trinajstić information content (AvgIpc) is 3.73. The summed E-state index contributed by atoms with van der Waals surface area (Å²) in [5.74, 6) is -0.322. The third-order valence-electron chi connectivity index (χ3n) is 9.26. The fraction of sp³-hybridized carbons (Fsp3) is 0.371. The maximum Gasteiger partial charge on any atom is 2.00 e. The normalized spacial score (nSPS) is 17.5. The van der Waals surface area contributed by atoms with E-state index in [1.54, 1.807) is 6.08 Å². The van der Waals surface area contributed by atoms with E-state index >= 15 is 0 Å². The summed E-state index contributed by atoms with van der Waals surface area (Å²) >= 11 is 0. The Kier molecular flexibility index (Phi) is 8.92. The van der Waals surface area contributed by atoms with Crippen LogP contribution in [0.4, 0.5) is 0 Å². The fourth-order valence-electron chi connectivity index (χ4n) is 6.76. The van der Waals surface area contributed by atoms with Gasteiger partial charge in [0.1, 0.15) is 0 Å². The quantitative estimate of drug-likeness (QED) is 0.253. The van der Waals surface area contributed by atoms with Crippen LogP contribution in [0.25, 0.3) is 39.3 Å². The van der Waals surface area contributed by atoms with Crippen LogP contribution in [0.3, 0.4) is 0 Å². The Morgan fingerprint density at radius 3 is 2.50 bits per heavy atom. The standard InChI is InChI=1S/C35H37N4O4.Zn/c1-7-21-17(2)26-15-30-22(9-8-12-40)18(3)25(37-30)14-27-19(4)23(10-11-32(42)43-6)34(38-27)24-13-31(41)33-20(5)28(39-35(24)33)16-29(21)36-26;/h8-9,14-16,19,23,40H,7,10-13H2,1-6H3,(H-,36,37,38,39,41);/q-1;+2/p-1/b9-8+;/t19-,23-;/m0./s1. The van der Waals surface area contributed by atoms with Gasteiger partial charge in [0.15, 0.2) is 5.78 Å². The smallest absolute Gasteiger partial charge is 0.657 e. The van der Waals surface area contributed by atoms with Crippen LogP contribution in [0.15, 0.2) is 24.3 Å². The Bertz CT molecular complexity index is 1910. The molecule has 8 bridgehead atoms. The number of aliphatic hydroxyl groups is 1. The van der Waals surface area contributed by atoms with Crippen LogP contribution in [-0.2, 0) is 35.4 Å². The number of aromatic nitrogens is 4. The Hall–Kier alpha value is -3.68. The zero-order valence-corrected chi connectivity index (χ0v) is 29.2. The predicted octanol–water partition coefficient (Wildman–Crippen LogP) is 6.11. The average molecular weight is 642 g/mol. The first-order valence-electron chi connectivity index (χ1n) is 14.9. The summed E-state index contributed by atoms with van der Waals surface area (Å²) in [4.78, 5) is 45.9. The molecule has 0 saturated carbocycles. The third kappa shape index (κ3) is 5.20. The van der Waals surface area contributed by atoms with E-state index in [1.807, 2.05) is 38.1 Å². The topological polar surface area (TPSA) is 118 Å². The molecule has 0 saturated heterocycles. The zero-order valence-electron chi connectivity index (χ0n) is 26.2. The van der Waals surface area contributed by atoms with Crippen molar-refractivity contribution in [3.8, 4) is 0 Å². The Labute approximate surface area is 269 Å². The van der Waals surface area contributed by atoms with Crippen LogP contribution < -0.4 is 9.97 Å². The van der Waals surface area contributed by atoms with Crippen molar-refractivity contribution in [2.24, 2.45) is 0 Å². The van der Waals surface area contributed by atoms with Crippen LogP contribution >= 0.6 is 0 Å². The molecule has 0 unspecified atom stereocenters. The summed E-state index contributed by atoms with van der Waals surface area (Å²) in [7, 11) is 1.40. The van der Waals surface area contributed by atoms with Crippen LogP contribution in [0.2, 0.25) is 0 Å². The number of allylic oxidation sites excluding steroid dienone is 2. The first-order chi connectivity index (χ1) is 20.7. The minimum Gasteiger partial charge on any atom is -0.657 e. The first kappa shape index (κ1) is 31.7. The second kappa shape index (κ2) is 12.4. The number of ether oxygens (including phenoxy) is 1. The van der Waals surface area contributed by atoms with Gasteiger partial charge in [-0.1, -0.05) is 55.3 Å². The van der Waals surface area contributed by atoms with E-state index in [9.17, 15) is 14.7 Å². The van der Waals surface area contributed by atoms with E-state index in [2.05, 4.69) is 20.8 Å². The molecule has 8 nitrogen and oxygen atoms in total. The molecule has 6 rings (SSSR count). The van der Waals surface area contributed by atoms with E-state index in [0.29, 0.717) is 17.5 Å². The number of ketones is 1. The fourth-order valence-corrected chi connectivity index (χ4v) is 6.76. The van der Waals surface area contributed by atoms with E-state index in [1.165, 1.54) is 7.11 Å². The summed E-state index contributed by atoms with van der Waals surface area (Å²) in [5, 5.41) is 9.55. The molecular formula is C35H36N4O4Zn. The van der Waals surface area contributed by atoms with Gasteiger partial charge < -0.3 is 19.8 Å². The number of Topliss-reactive ketones (excluding diaryl/α,β-unsaturated/α-hetero) is 1. The summed E-state index contributed by atoms with van der Waals surface area (Å²) in [6, 6.07) is 6.03. The molecule has 2 aliphatic heterocycles. The molecule has 3 aromatic heterocycles. The van der Waals surface area contributed by atoms with Crippen LogP contribution in [0.5, 0.6) is 0 Å². The number of carbonyl (C=O) groups excluding carboxylic acids is 2.